The Balaban J connectivity index is 1.72. The average molecular weight is 613 g/mol. The molecule has 1 N–H and O–H groups in total. The average Bonchev–Trinajstić information content (AvgIpc) is 3.58. The van der Waals surface area contributed by atoms with Crippen LogP contribution in [0.15, 0.2) is 76.2 Å². The van der Waals surface area contributed by atoms with E-state index >= 15 is 0 Å². The number of sulfone groups is 1. The van der Waals surface area contributed by atoms with Crippen molar-refractivity contribution in [1.82, 2.24) is 14.8 Å². The number of halogens is 4. The number of aliphatic hydroxyl groups is 1. The maximum atomic E-state index is 15.0. The maximum absolute atomic E-state index is 15.0. The molecule has 0 amide bonds. The first-order chi connectivity index (χ1) is 20.3. The number of alkyl halides is 3. The summed E-state index contributed by atoms with van der Waals surface area (Å²) in [5.41, 5.74) is 1.65. The van der Waals surface area contributed by atoms with Crippen LogP contribution in [0.2, 0.25) is 0 Å². The van der Waals surface area contributed by atoms with E-state index < -0.39 is 34.4 Å². The lowest BCUT2D eigenvalue weighted by Crippen LogP contribution is -2.16. The molecular weight excluding hydrogens is 592 g/mol. The summed E-state index contributed by atoms with van der Waals surface area (Å²) in [6.07, 6.45) is -2.44. The molecule has 0 saturated heterocycles. The normalized spacial score (nSPS) is 11.9. The number of aryl methyl sites for hydroxylation is 1. The fourth-order valence-electron chi connectivity index (χ4n) is 4.50. The van der Waals surface area contributed by atoms with Crippen LogP contribution >= 0.6 is 0 Å². The van der Waals surface area contributed by atoms with E-state index in [1.54, 1.807) is 25.1 Å². The van der Waals surface area contributed by atoms with Gasteiger partial charge in [0.05, 0.1) is 17.2 Å². The van der Waals surface area contributed by atoms with Crippen LogP contribution in [0.4, 0.5) is 17.6 Å². The Morgan fingerprint density at radius 1 is 1.05 bits per heavy atom. The SMILES string of the molecule is Cc1nc(-c2ccc(OC(F)(F)F)cc2)c(-c2cc(-c3cc(F)c(CO)c(S(C)(=O)=O)c3)ccc2-n2ccc(C#N)n2)o1. The van der Waals surface area contributed by atoms with E-state index in [9.17, 15) is 36.3 Å². The molecular formula is C29H20F4N4O5S. The van der Waals surface area contributed by atoms with E-state index in [2.05, 4.69) is 14.8 Å². The largest absolute Gasteiger partial charge is 0.573 e. The molecule has 2 aromatic heterocycles. The van der Waals surface area contributed by atoms with Crippen LogP contribution in [0.25, 0.3) is 39.4 Å². The van der Waals surface area contributed by atoms with Gasteiger partial charge in [-0.3, -0.25) is 0 Å². The van der Waals surface area contributed by atoms with Crippen LogP contribution in [0.3, 0.4) is 0 Å². The van der Waals surface area contributed by atoms with Gasteiger partial charge in [-0.25, -0.2) is 22.5 Å². The number of ether oxygens (including phenoxy) is 1. The number of nitrogens with zero attached hydrogens (tertiary/aromatic N) is 4. The number of hydrogen-bond acceptors (Lipinski definition) is 8. The highest BCUT2D eigenvalue weighted by atomic mass is 32.2. The Bertz CT molecular complexity index is 1990. The molecule has 5 rings (SSSR count). The highest BCUT2D eigenvalue weighted by Gasteiger charge is 2.31. The van der Waals surface area contributed by atoms with Crippen molar-refractivity contribution in [3.8, 4) is 51.2 Å². The van der Waals surface area contributed by atoms with E-state index in [1.807, 2.05) is 6.07 Å². The molecule has 3 aromatic carbocycles. The van der Waals surface area contributed by atoms with Crippen LogP contribution < -0.4 is 4.74 Å². The minimum absolute atomic E-state index is 0.115. The lowest BCUT2D eigenvalue weighted by molar-refractivity contribution is -0.274. The maximum Gasteiger partial charge on any atom is 0.573 e. The number of hydrogen-bond donors (Lipinski definition) is 1. The number of aliphatic hydroxyl groups excluding tert-OH is 1. The second-order valence-electron chi connectivity index (χ2n) is 9.34. The molecule has 0 radical (unpaired) electrons. The number of oxazole rings is 1. The minimum atomic E-state index is -4.87. The third kappa shape index (κ3) is 6.13. The van der Waals surface area contributed by atoms with Gasteiger partial charge in [-0.15, -0.1) is 13.2 Å². The Kier molecular flexibility index (Phi) is 7.55. The molecule has 0 spiro atoms. The van der Waals surface area contributed by atoms with Gasteiger partial charge in [-0.1, -0.05) is 6.07 Å². The van der Waals surface area contributed by atoms with Crippen LogP contribution in [0, 0.1) is 24.1 Å². The first kappa shape index (κ1) is 29.5. The molecule has 43 heavy (non-hydrogen) atoms. The number of aromatic nitrogens is 3. The van der Waals surface area contributed by atoms with E-state index in [0.717, 1.165) is 24.5 Å². The summed E-state index contributed by atoms with van der Waals surface area (Å²) >= 11 is 0. The molecule has 220 valence electrons. The van der Waals surface area contributed by atoms with Gasteiger partial charge in [0.2, 0.25) is 0 Å². The van der Waals surface area contributed by atoms with E-state index in [-0.39, 0.29) is 39.1 Å². The summed E-state index contributed by atoms with van der Waals surface area (Å²) in [7, 11) is -3.92. The molecule has 0 atom stereocenters. The lowest BCUT2D eigenvalue weighted by atomic mass is 9.97. The minimum Gasteiger partial charge on any atom is -0.440 e. The van der Waals surface area contributed by atoms with Gasteiger partial charge in [-0.05, 0) is 65.7 Å². The van der Waals surface area contributed by atoms with Crippen LogP contribution in [0.1, 0.15) is 17.1 Å². The second kappa shape index (κ2) is 11.0. The predicted molar refractivity (Wildman–Crippen MR) is 145 cm³/mol. The summed E-state index contributed by atoms with van der Waals surface area (Å²) in [6.45, 7) is 0.744. The highest BCUT2D eigenvalue weighted by Crippen LogP contribution is 2.39. The van der Waals surface area contributed by atoms with Crippen molar-refractivity contribution in [2.75, 3.05) is 6.26 Å². The van der Waals surface area contributed by atoms with Crippen LogP contribution in [0.5, 0.6) is 5.75 Å². The summed E-state index contributed by atoms with van der Waals surface area (Å²) in [6, 6.07) is 15.5. The molecule has 0 aliphatic heterocycles. The second-order valence-corrected chi connectivity index (χ2v) is 11.3. The van der Waals surface area contributed by atoms with Crippen molar-refractivity contribution in [3.63, 3.8) is 0 Å². The summed E-state index contributed by atoms with van der Waals surface area (Å²) in [4.78, 5) is 4.05. The fraction of sp³-hybridized carbons (Fsp3) is 0.138. The first-order valence-corrected chi connectivity index (χ1v) is 14.2. The van der Waals surface area contributed by atoms with Gasteiger partial charge in [0.25, 0.3) is 0 Å². The third-order valence-electron chi connectivity index (χ3n) is 6.33. The quantitative estimate of drug-likeness (QED) is 0.222. The van der Waals surface area contributed by atoms with Crippen molar-refractivity contribution in [2.24, 2.45) is 0 Å². The summed E-state index contributed by atoms with van der Waals surface area (Å²) < 4.78 is 89.1. The molecule has 5 aromatic rings. The number of nitriles is 1. The van der Waals surface area contributed by atoms with Gasteiger partial charge in [0, 0.05) is 36.1 Å². The zero-order chi connectivity index (χ0) is 31.1. The van der Waals surface area contributed by atoms with Gasteiger partial charge in [0.15, 0.2) is 27.2 Å². The van der Waals surface area contributed by atoms with Crippen LogP contribution in [-0.2, 0) is 16.4 Å². The number of rotatable bonds is 7. The van der Waals surface area contributed by atoms with Crippen molar-refractivity contribution >= 4 is 9.84 Å². The third-order valence-corrected chi connectivity index (χ3v) is 7.50. The summed E-state index contributed by atoms with van der Waals surface area (Å²) in [5, 5.41) is 23.1. The van der Waals surface area contributed by atoms with Crippen molar-refractivity contribution in [3.05, 3.63) is 89.8 Å². The van der Waals surface area contributed by atoms with Gasteiger partial charge < -0.3 is 14.3 Å². The highest BCUT2D eigenvalue weighted by molar-refractivity contribution is 7.90. The number of benzene rings is 3. The molecule has 14 heteroatoms. The molecule has 0 unspecified atom stereocenters. The Hall–Kier alpha value is -5.00. The van der Waals surface area contributed by atoms with E-state index in [0.29, 0.717) is 22.4 Å². The monoisotopic (exact) mass is 612 g/mol. The zero-order valence-electron chi connectivity index (χ0n) is 22.3. The summed E-state index contributed by atoms with van der Waals surface area (Å²) in [5.74, 6) is -0.970. The first-order valence-electron chi connectivity index (χ1n) is 12.4. The van der Waals surface area contributed by atoms with Gasteiger partial charge in [0.1, 0.15) is 23.3 Å². The van der Waals surface area contributed by atoms with Crippen molar-refractivity contribution in [1.29, 1.82) is 5.26 Å². The molecule has 0 aliphatic rings. The molecule has 2 heterocycles. The molecule has 0 saturated carbocycles. The Labute approximate surface area is 242 Å². The Morgan fingerprint density at radius 2 is 1.74 bits per heavy atom. The smallest absolute Gasteiger partial charge is 0.440 e. The zero-order valence-corrected chi connectivity index (χ0v) is 23.2. The van der Waals surface area contributed by atoms with E-state index in [1.165, 1.54) is 35.1 Å². The standard InChI is InChI=1S/C29H20F4N4O5S/c1-16-35-27(17-3-6-21(7-4-17)42-29(31,32)33)28(41-16)22-11-18(5-8-25(22)37-10-9-20(14-34)36-37)19-12-24(30)23(15-38)26(13-19)43(2,39)40/h3-13,38H,15H2,1-2H3. The molecule has 0 aliphatic carbocycles. The van der Waals surface area contributed by atoms with Crippen molar-refractivity contribution in [2.45, 2.75) is 24.8 Å². The molecule has 9 nitrogen and oxygen atoms in total. The predicted octanol–water partition coefficient (Wildman–Crippen LogP) is 5.97. The van der Waals surface area contributed by atoms with Crippen molar-refractivity contribution < 1.29 is 40.2 Å². The van der Waals surface area contributed by atoms with Gasteiger partial charge in [-0.2, -0.15) is 10.4 Å². The van der Waals surface area contributed by atoms with Crippen LogP contribution in [-0.4, -0.2) is 40.9 Å². The lowest BCUT2D eigenvalue weighted by Gasteiger charge is -2.14. The van der Waals surface area contributed by atoms with E-state index in [4.69, 9.17) is 4.42 Å². The molecule has 0 bridgehead atoms. The Morgan fingerprint density at radius 3 is 2.35 bits per heavy atom. The fourth-order valence-corrected chi connectivity index (χ4v) is 5.45. The topological polar surface area (TPSA) is 131 Å². The van der Waals surface area contributed by atoms with Gasteiger partial charge >= 0.3 is 6.36 Å². The molecule has 0 fully saturated rings.